The summed E-state index contributed by atoms with van der Waals surface area (Å²) >= 11 is 0. The Bertz CT molecular complexity index is 1180. The van der Waals surface area contributed by atoms with Gasteiger partial charge in [-0.15, -0.1) is 0 Å². The second-order valence-electron chi connectivity index (χ2n) is 9.94. The Morgan fingerprint density at radius 3 is 2.76 bits per heavy atom. The second kappa shape index (κ2) is 12.5. The quantitative estimate of drug-likeness (QED) is 0.427. The van der Waals surface area contributed by atoms with Crippen molar-refractivity contribution in [1.29, 1.82) is 0 Å². The van der Waals surface area contributed by atoms with Gasteiger partial charge in [-0.05, 0) is 57.5 Å². The average molecular weight is 504 g/mol. The number of aromatic nitrogens is 3. The van der Waals surface area contributed by atoms with Gasteiger partial charge in [0.15, 0.2) is 12.1 Å². The molecule has 196 valence electrons. The summed E-state index contributed by atoms with van der Waals surface area (Å²) in [5.41, 5.74) is 2.84. The van der Waals surface area contributed by atoms with E-state index < -0.39 is 0 Å². The molecule has 8 nitrogen and oxygen atoms in total. The van der Waals surface area contributed by atoms with Gasteiger partial charge >= 0.3 is 0 Å². The number of hydrogen-bond acceptors (Lipinski definition) is 7. The van der Waals surface area contributed by atoms with Crippen molar-refractivity contribution in [1.82, 2.24) is 24.5 Å². The highest BCUT2D eigenvalue weighted by atomic mass is 16.7. The molecular formula is C29H37N5O3. The van der Waals surface area contributed by atoms with Crippen LogP contribution in [0.5, 0.6) is 0 Å². The highest BCUT2D eigenvalue weighted by Crippen LogP contribution is 2.25. The number of imidazole rings is 1. The van der Waals surface area contributed by atoms with Crippen LogP contribution >= 0.6 is 0 Å². The molecule has 2 aliphatic rings. The average Bonchev–Trinajstić information content (AvgIpc) is 3.59. The van der Waals surface area contributed by atoms with Crippen LogP contribution in [-0.4, -0.2) is 77.2 Å². The molecule has 1 unspecified atom stereocenters. The smallest absolute Gasteiger partial charge is 0.167 e. The lowest BCUT2D eigenvalue weighted by Crippen LogP contribution is -2.44. The minimum atomic E-state index is -0.167. The molecule has 0 saturated carbocycles. The van der Waals surface area contributed by atoms with E-state index in [9.17, 15) is 0 Å². The van der Waals surface area contributed by atoms with Crippen molar-refractivity contribution in [2.45, 2.75) is 51.5 Å². The van der Waals surface area contributed by atoms with Gasteiger partial charge < -0.3 is 23.5 Å². The first-order valence-corrected chi connectivity index (χ1v) is 13.4. The summed E-state index contributed by atoms with van der Waals surface area (Å²) in [6.45, 7) is 8.94. The topological polar surface area (TPSA) is 68.8 Å². The summed E-state index contributed by atoms with van der Waals surface area (Å²) in [5, 5.41) is 4.29. The molecule has 1 aromatic carbocycles. The van der Waals surface area contributed by atoms with Crippen LogP contribution in [0.25, 0.3) is 11.3 Å². The highest BCUT2D eigenvalue weighted by molar-refractivity contribution is 5.59. The Morgan fingerprint density at radius 2 is 1.97 bits per heavy atom. The summed E-state index contributed by atoms with van der Waals surface area (Å²) in [6, 6.07) is 10.1. The molecule has 2 aliphatic heterocycles. The van der Waals surface area contributed by atoms with Gasteiger partial charge in [0.2, 0.25) is 0 Å². The Kier molecular flexibility index (Phi) is 8.69. The van der Waals surface area contributed by atoms with Crippen LogP contribution < -0.4 is 0 Å². The van der Waals surface area contributed by atoms with Gasteiger partial charge in [0, 0.05) is 75.3 Å². The van der Waals surface area contributed by atoms with Crippen molar-refractivity contribution in [2.75, 3.05) is 46.4 Å². The van der Waals surface area contributed by atoms with Gasteiger partial charge in [-0.3, -0.25) is 4.90 Å². The molecule has 2 atom stereocenters. The predicted octanol–water partition coefficient (Wildman–Crippen LogP) is 4.18. The van der Waals surface area contributed by atoms with E-state index in [4.69, 9.17) is 14.0 Å². The number of likely N-dealkylation sites (N-methyl/N-ethyl adjacent to an activating group) is 1. The maximum atomic E-state index is 6.10. The molecule has 5 rings (SSSR count). The fraction of sp³-hybridized carbons (Fsp3) is 0.517. The summed E-state index contributed by atoms with van der Waals surface area (Å²) < 4.78 is 19.5. The lowest BCUT2D eigenvalue weighted by atomic mass is 10.1. The number of ether oxygens (including phenoxy) is 2. The van der Waals surface area contributed by atoms with Crippen molar-refractivity contribution >= 4 is 0 Å². The lowest BCUT2D eigenvalue weighted by Gasteiger charge is -2.31. The molecule has 0 spiro atoms. The van der Waals surface area contributed by atoms with E-state index in [1.54, 1.807) is 6.20 Å². The lowest BCUT2D eigenvalue weighted by molar-refractivity contribution is -0.188. The molecular weight excluding hydrogens is 466 g/mol. The van der Waals surface area contributed by atoms with Crippen molar-refractivity contribution < 1.29 is 14.0 Å². The fourth-order valence-corrected chi connectivity index (χ4v) is 4.78. The zero-order chi connectivity index (χ0) is 25.5. The fourth-order valence-electron chi connectivity index (χ4n) is 4.78. The van der Waals surface area contributed by atoms with Crippen LogP contribution in [0.2, 0.25) is 0 Å². The van der Waals surface area contributed by atoms with Gasteiger partial charge in [0.1, 0.15) is 17.6 Å². The molecule has 8 heteroatoms. The number of hydrogen-bond donors (Lipinski definition) is 0. The largest absolute Gasteiger partial charge is 0.356 e. The first-order chi connectivity index (χ1) is 18.1. The van der Waals surface area contributed by atoms with Gasteiger partial charge in [-0.2, -0.15) is 0 Å². The maximum absolute atomic E-state index is 6.10. The first-order valence-electron chi connectivity index (χ1n) is 13.4. The Hall–Kier alpha value is -2.96. The minimum absolute atomic E-state index is 0.155. The summed E-state index contributed by atoms with van der Waals surface area (Å²) in [4.78, 5) is 9.39. The van der Waals surface area contributed by atoms with Crippen molar-refractivity contribution in [3.63, 3.8) is 0 Å². The molecule has 0 aliphatic carbocycles. The zero-order valence-corrected chi connectivity index (χ0v) is 21.9. The van der Waals surface area contributed by atoms with Crippen molar-refractivity contribution in [2.24, 2.45) is 0 Å². The van der Waals surface area contributed by atoms with Crippen LogP contribution in [-0.2, 0) is 16.0 Å². The molecule has 0 radical (unpaired) electrons. The number of benzene rings is 1. The normalized spacial score (nSPS) is 19.9. The third-order valence-corrected chi connectivity index (χ3v) is 7.05. The first kappa shape index (κ1) is 25.7. The van der Waals surface area contributed by atoms with Crippen molar-refractivity contribution in [3.8, 4) is 23.2 Å². The van der Waals surface area contributed by atoms with E-state index in [1.165, 1.54) is 0 Å². The Morgan fingerprint density at radius 1 is 1.14 bits per heavy atom. The van der Waals surface area contributed by atoms with E-state index in [0.717, 1.165) is 93.4 Å². The maximum Gasteiger partial charge on any atom is 0.167 e. The molecule has 0 bridgehead atoms. The second-order valence-corrected chi connectivity index (χ2v) is 9.94. The van der Waals surface area contributed by atoms with Gasteiger partial charge in [0.05, 0.1) is 6.54 Å². The summed E-state index contributed by atoms with van der Waals surface area (Å²) in [5.74, 6) is 8.21. The Labute approximate surface area is 219 Å². The van der Waals surface area contributed by atoms with Crippen LogP contribution in [0.1, 0.15) is 55.8 Å². The van der Waals surface area contributed by atoms with Crippen LogP contribution in [0.3, 0.4) is 0 Å². The molecule has 37 heavy (non-hydrogen) atoms. The molecule has 3 aromatic rings. The zero-order valence-electron chi connectivity index (χ0n) is 21.9. The molecule has 4 heterocycles. The van der Waals surface area contributed by atoms with Crippen molar-refractivity contribution in [3.05, 3.63) is 59.8 Å². The van der Waals surface area contributed by atoms with Gasteiger partial charge in [-0.1, -0.05) is 17.0 Å². The SMILES string of the molecule is C[C@H](OC1CCCCO1)c1nccn1Cc1cc(-c2ccc(C#CCCN3CCN(C)CC3)cc2)on1. The third-order valence-electron chi connectivity index (χ3n) is 7.05. The van der Waals surface area contributed by atoms with Gasteiger partial charge in [-0.25, -0.2) is 4.98 Å². The van der Waals surface area contributed by atoms with E-state index in [1.807, 2.05) is 43.5 Å². The van der Waals surface area contributed by atoms with E-state index in [-0.39, 0.29) is 12.4 Å². The number of nitrogens with zero attached hydrogens (tertiary/aromatic N) is 5. The number of rotatable bonds is 8. The Balaban J connectivity index is 1.14. The number of piperazine rings is 1. The van der Waals surface area contributed by atoms with Crippen LogP contribution in [0.15, 0.2) is 47.2 Å². The molecule has 2 saturated heterocycles. The van der Waals surface area contributed by atoms with Gasteiger partial charge in [0.25, 0.3) is 0 Å². The molecule has 2 aromatic heterocycles. The molecule has 2 fully saturated rings. The van der Waals surface area contributed by atoms with E-state index >= 15 is 0 Å². The van der Waals surface area contributed by atoms with Crippen LogP contribution in [0.4, 0.5) is 0 Å². The monoisotopic (exact) mass is 503 g/mol. The summed E-state index contributed by atoms with van der Waals surface area (Å²) in [6.07, 6.45) is 7.48. The highest BCUT2D eigenvalue weighted by Gasteiger charge is 2.21. The van der Waals surface area contributed by atoms with E-state index in [2.05, 4.69) is 43.4 Å². The molecule has 0 N–H and O–H groups in total. The predicted molar refractivity (Wildman–Crippen MR) is 142 cm³/mol. The third kappa shape index (κ3) is 7.08. The van der Waals surface area contributed by atoms with E-state index in [0.29, 0.717) is 6.54 Å². The van der Waals surface area contributed by atoms with Crippen LogP contribution in [0, 0.1) is 11.8 Å². The molecule has 0 amide bonds. The minimum Gasteiger partial charge on any atom is -0.356 e. The standard InChI is InChI=1S/C29H37N5O3/c1-23(36-28-8-4-6-20-35-28)29-30-13-15-34(29)22-26-21-27(37-31-26)25-11-9-24(10-12-25)7-3-5-14-33-18-16-32(2)17-19-33/h9-13,15,21,23,28H,4-6,8,14,16-20,22H2,1-2H3/t23-,28?/m0/s1. The summed E-state index contributed by atoms with van der Waals surface area (Å²) in [7, 11) is 2.18.